The minimum Gasteiger partial charge on any atom is -0.289 e. The summed E-state index contributed by atoms with van der Waals surface area (Å²) in [6, 6.07) is 17.0. The molecule has 0 N–H and O–H groups in total. The maximum Gasteiger partial charge on any atom is 0.185 e. The highest BCUT2D eigenvalue weighted by Gasteiger charge is 2.31. The molecule has 2 saturated carbocycles. The van der Waals surface area contributed by atoms with Crippen LogP contribution in [0.2, 0.25) is 0 Å². The summed E-state index contributed by atoms with van der Waals surface area (Å²) in [6.45, 7) is 5.90. The molecule has 0 unspecified atom stereocenters. The van der Waals surface area contributed by atoms with E-state index >= 15 is 0 Å². The summed E-state index contributed by atoms with van der Waals surface area (Å²) in [4.78, 5) is 11.7. The van der Waals surface area contributed by atoms with E-state index in [0.29, 0.717) is 5.56 Å². The zero-order valence-electron chi connectivity index (χ0n) is 19.2. The summed E-state index contributed by atoms with van der Waals surface area (Å²) in [5.41, 5.74) is 4.59. The second-order valence-electron chi connectivity index (χ2n) is 9.95. The predicted octanol–water partition coefficient (Wildman–Crippen LogP) is 8.60. The maximum absolute atomic E-state index is 11.7. The Kier molecular flexibility index (Phi) is 7.43. The van der Waals surface area contributed by atoms with Crippen molar-refractivity contribution in [2.75, 3.05) is 0 Å². The van der Waals surface area contributed by atoms with Crippen LogP contribution in [0.15, 0.2) is 61.2 Å². The minimum absolute atomic E-state index is 0.0218. The molecule has 1 heteroatoms. The van der Waals surface area contributed by atoms with E-state index in [0.717, 1.165) is 29.2 Å². The first kappa shape index (κ1) is 22.1. The monoisotopic (exact) mass is 414 g/mol. The number of allylic oxidation sites excluding steroid dienone is 1. The number of hydrogen-bond donors (Lipinski definition) is 0. The number of rotatable bonds is 7. The van der Waals surface area contributed by atoms with Crippen molar-refractivity contribution in [1.29, 1.82) is 0 Å². The van der Waals surface area contributed by atoms with Crippen LogP contribution in [0.5, 0.6) is 0 Å². The lowest BCUT2D eigenvalue weighted by Crippen LogP contribution is -2.25. The second kappa shape index (κ2) is 10.4. The van der Waals surface area contributed by atoms with Crippen molar-refractivity contribution in [3.63, 3.8) is 0 Å². The highest BCUT2D eigenvalue weighted by Crippen LogP contribution is 2.44. The topological polar surface area (TPSA) is 17.1 Å². The summed E-state index contributed by atoms with van der Waals surface area (Å²) in [5.74, 6) is 3.72. The Morgan fingerprint density at radius 3 is 1.84 bits per heavy atom. The van der Waals surface area contributed by atoms with Crippen molar-refractivity contribution < 1.29 is 4.79 Å². The van der Waals surface area contributed by atoms with Gasteiger partial charge in [0, 0.05) is 5.56 Å². The van der Waals surface area contributed by atoms with Gasteiger partial charge in [0.25, 0.3) is 0 Å². The predicted molar refractivity (Wildman–Crippen MR) is 131 cm³/mol. The van der Waals surface area contributed by atoms with Gasteiger partial charge in [0.2, 0.25) is 0 Å². The molecule has 2 fully saturated rings. The summed E-state index contributed by atoms with van der Waals surface area (Å²) in [6.07, 6.45) is 15.7. The summed E-state index contributed by atoms with van der Waals surface area (Å²) in [5, 5.41) is 0. The van der Waals surface area contributed by atoms with Crippen LogP contribution in [-0.4, -0.2) is 5.78 Å². The summed E-state index contributed by atoms with van der Waals surface area (Å²) in [7, 11) is 0. The third-order valence-corrected chi connectivity index (χ3v) is 8.10. The molecule has 0 radical (unpaired) electrons. The standard InChI is InChI=1S/C30H38O/c1-3-5-22-6-8-23(9-7-22)24-10-12-25(13-11-24)26-14-16-27(17-15-26)28-18-20-29(21-19-28)30(31)4-2/h4,14-25H,2-3,5-13H2,1H3. The SMILES string of the molecule is C=CC(=O)c1ccc(-c2ccc(C3CCC(C4CCC(CCC)CC4)CC3)cc2)cc1. The number of carbonyl (C=O) groups excluding carboxylic acids is 1. The van der Waals surface area contributed by atoms with Gasteiger partial charge in [0.05, 0.1) is 0 Å². The van der Waals surface area contributed by atoms with Crippen molar-refractivity contribution >= 4 is 5.78 Å². The molecule has 0 amide bonds. The van der Waals surface area contributed by atoms with Crippen molar-refractivity contribution in [3.8, 4) is 11.1 Å². The van der Waals surface area contributed by atoms with Crippen LogP contribution in [0.1, 0.15) is 93.0 Å². The molecule has 0 aliphatic heterocycles. The Morgan fingerprint density at radius 2 is 1.32 bits per heavy atom. The lowest BCUT2D eigenvalue weighted by Gasteiger charge is -2.38. The third kappa shape index (κ3) is 5.37. The fraction of sp³-hybridized carbons (Fsp3) is 0.500. The van der Waals surface area contributed by atoms with Crippen molar-refractivity contribution in [3.05, 3.63) is 72.3 Å². The van der Waals surface area contributed by atoms with Crippen molar-refractivity contribution in [2.24, 2.45) is 17.8 Å². The fourth-order valence-electron chi connectivity index (χ4n) is 6.17. The molecule has 2 aromatic rings. The van der Waals surface area contributed by atoms with Gasteiger partial charge in [-0.3, -0.25) is 4.79 Å². The van der Waals surface area contributed by atoms with Crippen LogP contribution in [0.3, 0.4) is 0 Å². The average Bonchev–Trinajstić information content (AvgIpc) is 2.85. The van der Waals surface area contributed by atoms with Crippen LogP contribution in [0.4, 0.5) is 0 Å². The highest BCUT2D eigenvalue weighted by molar-refractivity contribution is 6.04. The molecule has 1 nitrogen and oxygen atoms in total. The van der Waals surface area contributed by atoms with Gasteiger partial charge in [-0.2, -0.15) is 0 Å². The Morgan fingerprint density at radius 1 is 0.806 bits per heavy atom. The van der Waals surface area contributed by atoms with Gasteiger partial charge >= 0.3 is 0 Å². The van der Waals surface area contributed by atoms with Gasteiger partial charge in [-0.1, -0.05) is 87.7 Å². The van der Waals surface area contributed by atoms with Crippen LogP contribution in [0, 0.1) is 17.8 Å². The fourth-order valence-corrected chi connectivity index (χ4v) is 6.17. The van der Waals surface area contributed by atoms with Gasteiger partial charge in [0.15, 0.2) is 5.78 Å². The number of ketones is 1. The Hall–Kier alpha value is -2.15. The molecule has 2 aliphatic rings. The van der Waals surface area contributed by atoms with E-state index in [2.05, 4.69) is 37.8 Å². The molecular weight excluding hydrogens is 376 g/mol. The Bertz CT molecular complexity index is 844. The molecule has 164 valence electrons. The molecular formula is C30H38O. The van der Waals surface area contributed by atoms with E-state index in [-0.39, 0.29) is 5.78 Å². The molecule has 31 heavy (non-hydrogen) atoms. The lowest BCUT2D eigenvalue weighted by molar-refractivity contribution is 0.104. The van der Waals surface area contributed by atoms with Crippen molar-refractivity contribution in [2.45, 2.75) is 77.0 Å². The van der Waals surface area contributed by atoms with E-state index in [1.807, 2.05) is 24.3 Å². The third-order valence-electron chi connectivity index (χ3n) is 8.10. The van der Waals surface area contributed by atoms with Gasteiger partial charge in [-0.05, 0) is 85.0 Å². The van der Waals surface area contributed by atoms with Gasteiger partial charge in [-0.15, -0.1) is 0 Å². The van der Waals surface area contributed by atoms with E-state index in [1.165, 1.54) is 81.4 Å². The van der Waals surface area contributed by atoms with Crippen LogP contribution >= 0.6 is 0 Å². The van der Waals surface area contributed by atoms with Crippen LogP contribution < -0.4 is 0 Å². The molecule has 0 atom stereocenters. The highest BCUT2D eigenvalue weighted by atomic mass is 16.1. The van der Waals surface area contributed by atoms with Crippen LogP contribution in [0.25, 0.3) is 11.1 Å². The molecule has 0 aromatic heterocycles. The molecule has 0 saturated heterocycles. The lowest BCUT2D eigenvalue weighted by atomic mass is 9.68. The summed E-state index contributed by atoms with van der Waals surface area (Å²) >= 11 is 0. The largest absolute Gasteiger partial charge is 0.289 e. The number of hydrogen-bond acceptors (Lipinski definition) is 1. The van der Waals surface area contributed by atoms with E-state index < -0.39 is 0 Å². The first-order chi connectivity index (χ1) is 15.2. The number of benzene rings is 2. The van der Waals surface area contributed by atoms with E-state index in [4.69, 9.17) is 0 Å². The minimum atomic E-state index is -0.0218. The quantitative estimate of drug-likeness (QED) is 0.327. The molecule has 0 spiro atoms. The zero-order chi connectivity index (χ0) is 21.6. The molecule has 4 rings (SSSR count). The zero-order valence-corrected chi connectivity index (χ0v) is 19.2. The van der Waals surface area contributed by atoms with Gasteiger partial charge in [0.1, 0.15) is 0 Å². The Balaban J connectivity index is 1.30. The smallest absolute Gasteiger partial charge is 0.185 e. The first-order valence-corrected chi connectivity index (χ1v) is 12.5. The van der Waals surface area contributed by atoms with E-state index in [1.54, 1.807) is 0 Å². The number of carbonyl (C=O) groups is 1. The maximum atomic E-state index is 11.7. The molecule has 2 aliphatic carbocycles. The average molecular weight is 415 g/mol. The van der Waals surface area contributed by atoms with Gasteiger partial charge in [-0.25, -0.2) is 0 Å². The summed E-state index contributed by atoms with van der Waals surface area (Å²) < 4.78 is 0. The first-order valence-electron chi connectivity index (χ1n) is 12.5. The van der Waals surface area contributed by atoms with Gasteiger partial charge < -0.3 is 0 Å². The van der Waals surface area contributed by atoms with E-state index in [9.17, 15) is 4.79 Å². The molecule has 0 bridgehead atoms. The van der Waals surface area contributed by atoms with Crippen LogP contribution in [-0.2, 0) is 0 Å². The normalized spacial score (nSPS) is 26.4. The molecule has 2 aromatic carbocycles. The molecule has 0 heterocycles. The van der Waals surface area contributed by atoms with Crippen molar-refractivity contribution in [1.82, 2.24) is 0 Å². The Labute approximate surface area is 189 Å². The second-order valence-corrected chi connectivity index (χ2v) is 9.95.